The maximum atomic E-state index is 11.6. The Bertz CT molecular complexity index is 776. The number of anilines is 1. The van der Waals surface area contributed by atoms with Crippen LogP contribution in [0, 0.1) is 10.1 Å². The summed E-state index contributed by atoms with van der Waals surface area (Å²) in [5, 5.41) is 11.0. The topological polar surface area (TPSA) is 115 Å². The first-order chi connectivity index (χ1) is 10.4. The van der Waals surface area contributed by atoms with Gasteiger partial charge in [0.25, 0.3) is 0 Å². The van der Waals surface area contributed by atoms with Gasteiger partial charge in [0, 0.05) is 0 Å². The molecule has 0 aliphatic heterocycles. The van der Waals surface area contributed by atoms with Crippen molar-refractivity contribution < 1.29 is 4.92 Å². The minimum absolute atomic E-state index is 0.0702. The summed E-state index contributed by atoms with van der Waals surface area (Å²) in [5.74, 6) is 0.263. The molecule has 3 N–H and O–H groups in total. The van der Waals surface area contributed by atoms with Gasteiger partial charge in [-0.05, 0) is 23.1 Å². The van der Waals surface area contributed by atoms with Crippen molar-refractivity contribution in [2.75, 3.05) is 5.73 Å². The maximum Gasteiger partial charge on any atom is 0.359 e. The average Bonchev–Trinajstić information content (AvgIpc) is 2.44. The Morgan fingerprint density at radius 1 is 1.27 bits per heavy atom. The summed E-state index contributed by atoms with van der Waals surface area (Å²) in [6.45, 7) is 4.19. The second kappa shape index (κ2) is 6.21. The zero-order chi connectivity index (χ0) is 16.3. The molecular formula is C15H16N4O3. The van der Waals surface area contributed by atoms with E-state index in [1.807, 2.05) is 24.3 Å². The SMILES string of the molecule is CC(C)c1ccc(C=Cc2nc(N)[nH]c(=O)c2[N+](=O)[O-])cc1. The molecule has 1 heterocycles. The predicted octanol–water partition coefficient (Wildman–Crippen LogP) is 2.55. The number of nitro groups is 1. The number of aromatic nitrogens is 2. The lowest BCUT2D eigenvalue weighted by Gasteiger charge is -2.04. The van der Waals surface area contributed by atoms with Crippen LogP contribution in [0.5, 0.6) is 0 Å². The van der Waals surface area contributed by atoms with Gasteiger partial charge < -0.3 is 5.73 Å². The van der Waals surface area contributed by atoms with Crippen LogP contribution in [-0.2, 0) is 0 Å². The summed E-state index contributed by atoms with van der Waals surface area (Å²) in [4.78, 5) is 27.7. The normalized spacial score (nSPS) is 11.2. The molecule has 114 valence electrons. The minimum Gasteiger partial charge on any atom is -0.369 e. The largest absolute Gasteiger partial charge is 0.369 e. The molecule has 0 saturated carbocycles. The molecule has 0 amide bonds. The average molecular weight is 300 g/mol. The molecular weight excluding hydrogens is 284 g/mol. The molecule has 0 aliphatic rings. The van der Waals surface area contributed by atoms with Crippen LogP contribution in [0.2, 0.25) is 0 Å². The van der Waals surface area contributed by atoms with Crippen LogP contribution < -0.4 is 11.3 Å². The first kappa shape index (κ1) is 15.4. The number of nitrogens with one attached hydrogen (secondary N) is 1. The van der Waals surface area contributed by atoms with E-state index >= 15 is 0 Å². The lowest BCUT2D eigenvalue weighted by Crippen LogP contribution is -2.17. The number of aromatic amines is 1. The van der Waals surface area contributed by atoms with E-state index in [4.69, 9.17) is 5.73 Å². The third-order valence-electron chi connectivity index (χ3n) is 3.16. The van der Waals surface area contributed by atoms with Crippen LogP contribution in [-0.4, -0.2) is 14.9 Å². The fourth-order valence-corrected chi connectivity index (χ4v) is 1.96. The molecule has 1 aromatic carbocycles. The molecule has 7 nitrogen and oxygen atoms in total. The van der Waals surface area contributed by atoms with Gasteiger partial charge in [-0.3, -0.25) is 19.9 Å². The quantitative estimate of drug-likeness (QED) is 0.665. The highest BCUT2D eigenvalue weighted by Gasteiger charge is 2.19. The van der Waals surface area contributed by atoms with Gasteiger partial charge in [-0.1, -0.05) is 44.2 Å². The minimum atomic E-state index is -0.868. The first-order valence-corrected chi connectivity index (χ1v) is 6.70. The van der Waals surface area contributed by atoms with E-state index in [-0.39, 0.29) is 11.6 Å². The van der Waals surface area contributed by atoms with Gasteiger partial charge in [0.2, 0.25) is 5.95 Å². The number of nitrogen functional groups attached to an aromatic ring is 1. The fourth-order valence-electron chi connectivity index (χ4n) is 1.96. The zero-order valence-corrected chi connectivity index (χ0v) is 12.2. The Kier molecular flexibility index (Phi) is 4.36. The van der Waals surface area contributed by atoms with Crippen LogP contribution in [0.25, 0.3) is 12.2 Å². The van der Waals surface area contributed by atoms with Crippen molar-refractivity contribution >= 4 is 23.8 Å². The number of hydrogen-bond donors (Lipinski definition) is 2. The molecule has 0 fully saturated rings. The van der Waals surface area contributed by atoms with Crippen LogP contribution >= 0.6 is 0 Å². The highest BCUT2D eigenvalue weighted by atomic mass is 16.6. The summed E-state index contributed by atoms with van der Waals surface area (Å²) in [6, 6.07) is 7.76. The lowest BCUT2D eigenvalue weighted by atomic mass is 10.0. The Morgan fingerprint density at radius 3 is 2.45 bits per heavy atom. The Morgan fingerprint density at radius 2 is 1.91 bits per heavy atom. The molecule has 2 aromatic rings. The van der Waals surface area contributed by atoms with Gasteiger partial charge in [0.15, 0.2) is 5.69 Å². The van der Waals surface area contributed by atoms with E-state index in [1.54, 1.807) is 6.08 Å². The van der Waals surface area contributed by atoms with Crippen molar-refractivity contribution in [1.29, 1.82) is 0 Å². The number of nitrogens with zero attached hydrogens (tertiary/aromatic N) is 2. The molecule has 0 unspecified atom stereocenters. The second-order valence-corrected chi connectivity index (χ2v) is 5.10. The van der Waals surface area contributed by atoms with Crippen molar-refractivity contribution in [1.82, 2.24) is 9.97 Å². The van der Waals surface area contributed by atoms with Crippen molar-refractivity contribution in [3.63, 3.8) is 0 Å². The highest BCUT2D eigenvalue weighted by molar-refractivity contribution is 5.72. The number of benzene rings is 1. The van der Waals surface area contributed by atoms with Crippen LogP contribution in [0.15, 0.2) is 29.1 Å². The molecule has 2 rings (SSSR count). The monoisotopic (exact) mass is 300 g/mol. The third-order valence-corrected chi connectivity index (χ3v) is 3.16. The Hall–Kier alpha value is -2.96. The van der Waals surface area contributed by atoms with Crippen molar-refractivity contribution in [3.8, 4) is 0 Å². The van der Waals surface area contributed by atoms with Crippen LogP contribution in [0.4, 0.5) is 11.6 Å². The van der Waals surface area contributed by atoms with Gasteiger partial charge in [0.1, 0.15) is 0 Å². The van der Waals surface area contributed by atoms with E-state index in [0.29, 0.717) is 5.92 Å². The molecule has 22 heavy (non-hydrogen) atoms. The fraction of sp³-hybridized carbons (Fsp3) is 0.200. The highest BCUT2D eigenvalue weighted by Crippen LogP contribution is 2.18. The zero-order valence-electron chi connectivity index (χ0n) is 12.2. The standard InChI is InChI=1S/C15H16N4O3/c1-9(2)11-6-3-10(4-7-11)5-8-12-13(19(21)22)14(20)18-15(16)17-12/h3-9H,1-2H3,(H3,16,17,18,20). The molecule has 0 atom stereocenters. The molecule has 0 bridgehead atoms. The summed E-state index contributed by atoms with van der Waals surface area (Å²) in [5.41, 5.74) is 5.91. The van der Waals surface area contributed by atoms with Crippen LogP contribution in [0.3, 0.4) is 0 Å². The molecule has 0 aliphatic carbocycles. The van der Waals surface area contributed by atoms with Crippen LogP contribution in [0.1, 0.15) is 36.6 Å². The molecule has 1 aromatic heterocycles. The third kappa shape index (κ3) is 3.38. The second-order valence-electron chi connectivity index (χ2n) is 5.10. The first-order valence-electron chi connectivity index (χ1n) is 6.70. The lowest BCUT2D eigenvalue weighted by molar-refractivity contribution is -0.386. The molecule has 7 heteroatoms. The number of hydrogen-bond acceptors (Lipinski definition) is 5. The predicted molar refractivity (Wildman–Crippen MR) is 85.4 cm³/mol. The summed E-state index contributed by atoms with van der Waals surface area (Å²) in [6.07, 6.45) is 3.06. The van der Waals surface area contributed by atoms with E-state index in [1.165, 1.54) is 11.6 Å². The molecule has 0 saturated heterocycles. The Labute approximate surface area is 126 Å². The smallest absolute Gasteiger partial charge is 0.359 e. The van der Waals surface area contributed by atoms with Gasteiger partial charge in [-0.25, -0.2) is 4.98 Å². The van der Waals surface area contributed by atoms with Crippen molar-refractivity contribution in [3.05, 3.63) is 61.6 Å². The summed E-state index contributed by atoms with van der Waals surface area (Å²) in [7, 11) is 0. The van der Waals surface area contributed by atoms with E-state index in [9.17, 15) is 14.9 Å². The summed E-state index contributed by atoms with van der Waals surface area (Å²) < 4.78 is 0. The molecule has 0 radical (unpaired) electrons. The van der Waals surface area contributed by atoms with Gasteiger partial charge in [-0.15, -0.1) is 0 Å². The maximum absolute atomic E-state index is 11.6. The van der Waals surface area contributed by atoms with E-state index in [0.717, 1.165) is 5.56 Å². The number of nitrogens with two attached hydrogens (primary N) is 1. The van der Waals surface area contributed by atoms with E-state index < -0.39 is 16.2 Å². The Balaban J connectivity index is 2.37. The van der Waals surface area contributed by atoms with Crippen molar-refractivity contribution in [2.24, 2.45) is 0 Å². The summed E-state index contributed by atoms with van der Waals surface area (Å²) >= 11 is 0. The van der Waals surface area contributed by atoms with Gasteiger partial charge in [-0.2, -0.15) is 0 Å². The number of H-pyrrole nitrogens is 1. The molecule has 0 spiro atoms. The van der Waals surface area contributed by atoms with Gasteiger partial charge in [0.05, 0.1) is 4.92 Å². The van der Waals surface area contributed by atoms with Gasteiger partial charge >= 0.3 is 11.2 Å². The number of rotatable bonds is 4. The van der Waals surface area contributed by atoms with E-state index in [2.05, 4.69) is 23.8 Å². The van der Waals surface area contributed by atoms with Crippen molar-refractivity contribution in [2.45, 2.75) is 19.8 Å².